The van der Waals surface area contributed by atoms with E-state index in [1.807, 2.05) is 13.8 Å². The first-order chi connectivity index (χ1) is 9.35. The van der Waals surface area contributed by atoms with Gasteiger partial charge in [-0.2, -0.15) is 4.31 Å². The van der Waals surface area contributed by atoms with E-state index in [1.165, 1.54) is 27.4 Å². The van der Waals surface area contributed by atoms with Crippen molar-refractivity contribution >= 4 is 39.0 Å². The molecule has 2 heterocycles. The van der Waals surface area contributed by atoms with Crippen molar-refractivity contribution in [2.45, 2.75) is 30.1 Å². The Hall–Kier alpha value is -0.570. The topological polar surface area (TPSA) is 57.7 Å². The molecular formula is C12H18N2O3S3. The largest absolute Gasteiger partial charge is 0.342 e. The van der Waals surface area contributed by atoms with Crippen LogP contribution in [0.2, 0.25) is 0 Å². The fourth-order valence-electron chi connectivity index (χ4n) is 1.87. The number of hydrogen-bond acceptors (Lipinski definition) is 5. The first kappa shape index (κ1) is 15.8. The predicted octanol–water partition coefficient (Wildman–Crippen LogP) is 1.68. The van der Waals surface area contributed by atoms with Gasteiger partial charge in [-0.05, 0) is 25.3 Å². The third kappa shape index (κ3) is 2.88. The number of sulfonamides is 1. The van der Waals surface area contributed by atoms with E-state index in [0.29, 0.717) is 15.8 Å². The van der Waals surface area contributed by atoms with Gasteiger partial charge in [-0.25, -0.2) is 8.42 Å². The molecule has 1 amide bonds. The smallest absolute Gasteiger partial charge is 0.254 e. The molecule has 20 heavy (non-hydrogen) atoms. The van der Waals surface area contributed by atoms with Crippen LogP contribution in [-0.2, 0) is 14.8 Å². The average molecular weight is 334 g/mol. The fourth-order valence-corrected chi connectivity index (χ4v) is 6.13. The summed E-state index contributed by atoms with van der Waals surface area (Å²) in [5.74, 6) is 0.716. The number of carbonyl (C=O) groups excluding carboxylic acids is 1. The molecule has 0 N–H and O–H groups in total. The van der Waals surface area contributed by atoms with Crippen LogP contribution in [0.15, 0.2) is 21.7 Å². The van der Waals surface area contributed by atoms with Crippen molar-refractivity contribution in [2.75, 3.05) is 18.7 Å². The standard InChI is InChI=1S/C12H18N2O3S3/c1-9(2)13(3)12(15)10-7-18-8-14(10)20(16,17)11-5-4-6-19-11/h4-6,9-10H,7-8H2,1-3H3/t10-/m0/s1. The van der Waals surface area contributed by atoms with Crippen molar-refractivity contribution in [3.05, 3.63) is 17.5 Å². The summed E-state index contributed by atoms with van der Waals surface area (Å²) in [7, 11) is -1.85. The number of likely N-dealkylation sites (N-methyl/N-ethyl adjacent to an activating group) is 1. The maximum absolute atomic E-state index is 12.6. The van der Waals surface area contributed by atoms with Gasteiger partial charge in [0, 0.05) is 18.8 Å². The predicted molar refractivity (Wildman–Crippen MR) is 82.4 cm³/mol. The minimum Gasteiger partial charge on any atom is -0.342 e. The third-order valence-corrected chi connectivity index (χ3v) is 7.71. The summed E-state index contributed by atoms with van der Waals surface area (Å²) >= 11 is 2.66. The molecule has 1 aromatic rings. The Labute approximate surface area is 128 Å². The van der Waals surface area contributed by atoms with E-state index in [-0.39, 0.29) is 11.9 Å². The molecule has 0 aliphatic carbocycles. The molecule has 0 aromatic carbocycles. The van der Waals surface area contributed by atoms with Gasteiger partial charge in [-0.15, -0.1) is 23.1 Å². The van der Waals surface area contributed by atoms with Crippen LogP contribution in [0.3, 0.4) is 0 Å². The normalized spacial score (nSPS) is 20.5. The molecule has 1 aliphatic heterocycles. The molecule has 0 bridgehead atoms. The molecule has 5 nitrogen and oxygen atoms in total. The van der Waals surface area contributed by atoms with Crippen molar-refractivity contribution in [1.82, 2.24) is 9.21 Å². The molecule has 1 saturated heterocycles. The van der Waals surface area contributed by atoms with E-state index in [0.717, 1.165) is 0 Å². The van der Waals surface area contributed by atoms with Gasteiger partial charge in [0.1, 0.15) is 10.3 Å². The Kier molecular flexibility index (Phi) is 4.78. The molecule has 0 spiro atoms. The highest BCUT2D eigenvalue weighted by atomic mass is 32.2. The Morgan fingerprint density at radius 3 is 2.75 bits per heavy atom. The fraction of sp³-hybridized carbons (Fsp3) is 0.583. The van der Waals surface area contributed by atoms with E-state index < -0.39 is 16.1 Å². The monoisotopic (exact) mass is 334 g/mol. The molecule has 1 atom stereocenters. The number of nitrogens with zero attached hydrogens (tertiary/aromatic N) is 2. The van der Waals surface area contributed by atoms with E-state index >= 15 is 0 Å². The molecule has 2 rings (SSSR count). The second kappa shape index (κ2) is 6.05. The lowest BCUT2D eigenvalue weighted by molar-refractivity contribution is -0.134. The van der Waals surface area contributed by atoms with Crippen LogP contribution in [0.25, 0.3) is 0 Å². The van der Waals surface area contributed by atoms with Crippen molar-refractivity contribution in [3.8, 4) is 0 Å². The van der Waals surface area contributed by atoms with E-state index in [2.05, 4.69) is 0 Å². The van der Waals surface area contributed by atoms with Gasteiger partial charge < -0.3 is 4.90 Å². The van der Waals surface area contributed by atoms with E-state index in [9.17, 15) is 13.2 Å². The van der Waals surface area contributed by atoms with Crippen molar-refractivity contribution < 1.29 is 13.2 Å². The van der Waals surface area contributed by atoms with Crippen molar-refractivity contribution in [2.24, 2.45) is 0 Å². The molecule has 8 heteroatoms. The first-order valence-corrected chi connectivity index (χ1v) is 9.73. The van der Waals surface area contributed by atoms with Gasteiger partial charge >= 0.3 is 0 Å². The minimum atomic E-state index is -3.57. The van der Waals surface area contributed by atoms with Gasteiger partial charge in [0.15, 0.2) is 0 Å². The van der Waals surface area contributed by atoms with Crippen LogP contribution in [0, 0.1) is 0 Å². The van der Waals surface area contributed by atoms with Gasteiger partial charge in [-0.3, -0.25) is 4.79 Å². The zero-order chi connectivity index (χ0) is 14.9. The zero-order valence-corrected chi connectivity index (χ0v) is 14.1. The number of carbonyl (C=O) groups is 1. The quantitative estimate of drug-likeness (QED) is 0.840. The first-order valence-electron chi connectivity index (χ1n) is 6.25. The van der Waals surface area contributed by atoms with Gasteiger partial charge in [-0.1, -0.05) is 6.07 Å². The number of thiophene rings is 1. The Balaban J connectivity index is 2.26. The Morgan fingerprint density at radius 1 is 1.50 bits per heavy atom. The lowest BCUT2D eigenvalue weighted by Gasteiger charge is -2.28. The van der Waals surface area contributed by atoms with Crippen LogP contribution >= 0.6 is 23.1 Å². The van der Waals surface area contributed by atoms with E-state index in [1.54, 1.807) is 29.5 Å². The summed E-state index contributed by atoms with van der Waals surface area (Å²) in [6.45, 7) is 3.83. The summed E-state index contributed by atoms with van der Waals surface area (Å²) in [5.41, 5.74) is 0. The Morgan fingerprint density at radius 2 is 2.20 bits per heavy atom. The van der Waals surface area contributed by atoms with Crippen LogP contribution in [-0.4, -0.2) is 54.3 Å². The summed E-state index contributed by atoms with van der Waals surface area (Å²) in [6.07, 6.45) is 0. The van der Waals surface area contributed by atoms with E-state index in [4.69, 9.17) is 0 Å². The highest BCUT2D eigenvalue weighted by Gasteiger charge is 2.41. The van der Waals surface area contributed by atoms with Crippen molar-refractivity contribution in [3.63, 3.8) is 0 Å². The van der Waals surface area contributed by atoms with Gasteiger partial charge in [0.05, 0.1) is 5.88 Å². The van der Waals surface area contributed by atoms with Crippen LogP contribution in [0.4, 0.5) is 0 Å². The van der Waals surface area contributed by atoms with Crippen LogP contribution in [0.5, 0.6) is 0 Å². The summed E-state index contributed by atoms with van der Waals surface area (Å²) < 4.78 is 26.7. The number of rotatable bonds is 4. The molecule has 1 fully saturated rings. The lowest BCUT2D eigenvalue weighted by Crippen LogP contribution is -2.49. The molecule has 0 radical (unpaired) electrons. The third-order valence-electron chi connectivity index (χ3n) is 3.31. The molecule has 0 saturated carbocycles. The lowest BCUT2D eigenvalue weighted by atomic mass is 10.2. The summed E-state index contributed by atoms with van der Waals surface area (Å²) in [5, 5.41) is 1.73. The number of thioether (sulfide) groups is 1. The minimum absolute atomic E-state index is 0.0550. The van der Waals surface area contributed by atoms with Gasteiger partial charge in [0.25, 0.3) is 10.0 Å². The molecule has 0 unspecified atom stereocenters. The number of amides is 1. The second-order valence-electron chi connectivity index (χ2n) is 4.88. The maximum atomic E-state index is 12.6. The van der Waals surface area contributed by atoms with Crippen molar-refractivity contribution in [1.29, 1.82) is 0 Å². The second-order valence-corrected chi connectivity index (χ2v) is 8.95. The molecule has 1 aliphatic rings. The Bertz CT molecular complexity index is 569. The maximum Gasteiger partial charge on any atom is 0.254 e. The number of hydrogen-bond donors (Lipinski definition) is 0. The average Bonchev–Trinajstić information content (AvgIpc) is 3.07. The van der Waals surface area contributed by atoms with Gasteiger partial charge in [0.2, 0.25) is 5.91 Å². The summed E-state index contributed by atoms with van der Waals surface area (Å²) in [6, 6.07) is 2.74. The summed E-state index contributed by atoms with van der Waals surface area (Å²) in [4.78, 5) is 14.0. The highest BCUT2D eigenvalue weighted by Crippen LogP contribution is 2.31. The zero-order valence-electron chi connectivity index (χ0n) is 11.6. The van der Waals surface area contributed by atoms with Crippen LogP contribution in [0.1, 0.15) is 13.8 Å². The van der Waals surface area contributed by atoms with Crippen LogP contribution < -0.4 is 0 Å². The SMILES string of the molecule is CC(C)N(C)C(=O)[C@@H]1CSCN1S(=O)(=O)c1cccs1. The molecular weight excluding hydrogens is 316 g/mol. The molecule has 1 aromatic heterocycles. The molecule has 112 valence electrons. The highest BCUT2D eigenvalue weighted by molar-refractivity contribution is 8.01.